The number of nitrogens with zero attached hydrogens (tertiary/aromatic N) is 1. The molecule has 1 aliphatic carbocycles. The molecule has 0 saturated heterocycles. The standard InChI is InChI=1S/C23H23NO3/c1-14-8-7-11-17-19(14)24-20(23(17)12-5-2-6-13-23)18(22(26)27)15-9-3-4-10-16(15)21(24)25/h3-4,7-11,18,20H,2,5-6,12-13H2,1H3,(H,26,27). The number of carboxylic acids is 1. The summed E-state index contributed by atoms with van der Waals surface area (Å²) in [5.41, 5.74) is 4.13. The van der Waals surface area contributed by atoms with Gasteiger partial charge in [0.15, 0.2) is 0 Å². The Kier molecular flexibility index (Phi) is 3.48. The van der Waals surface area contributed by atoms with Gasteiger partial charge >= 0.3 is 5.97 Å². The lowest BCUT2D eigenvalue weighted by Crippen LogP contribution is -2.56. The van der Waals surface area contributed by atoms with Crippen molar-refractivity contribution in [2.75, 3.05) is 4.90 Å². The number of anilines is 1. The summed E-state index contributed by atoms with van der Waals surface area (Å²) in [4.78, 5) is 27.9. The van der Waals surface area contributed by atoms with E-state index >= 15 is 0 Å². The van der Waals surface area contributed by atoms with Gasteiger partial charge in [0.1, 0.15) is 5.92 Å². The van der Waals surface area contributed by atoms with E-state index in [1.807, 2.05) is 36.1 Å². The minimum absolute atomic E-state index is 0.0499. The second-order valence-corrected chi connectivity index (χ2v) is 8.21. The molecule has 0 aromatic heterocycles. The summed E-state index contributed by atoms with van der Waals surface area (Å²) in [6.07, 6.45) is 5.24. The number of carbonyl (C=O) groups is 2. The molecule has 2 atom stereocenters. The van der Waals surface area contributed by atoms with Gasteiger partial charge in [0.05, 0.1) is 11.7 Å². The van der Waals surface area contributed by atoms with Gasteiger partial charge in [-0.1, -0.05) is 55.7 Å². The molecule has 1 N–H and O–H groups in total. The number of rotatable bonds is 1. The first kappa shape index (κ1) is 16.5. The van der Waals surface area contributed by atoms with Crippen molar-refractivity contribution in [2.24, 2.45) is 0 Å². The minimum atomic E-state index is -0.833. The van der Waals surface area contributed by atoms with Crippen LogP contribution in [0.3, 0.4) is 0 Å². The van der Waals surface area contributed by atoms with Gasteiger partial charge < -0.3 is 10.0 Å². The molecule has 138 valence electrons. The predicted molar refractivity (Wildman–Crippen MR) is 103 cm³/mol. The van der Waals surface area contributed by atoms with Crippen LogP contribution in [-0.2, 0) is 10.2 Å². The lowest BCUT2D eigenvalue weighted by Gasteiger charge is -2.46. The number of amides is 1. The number of fused-ring (bicyclic) bond motifs is 6. The smallest absolute Gasteiger partial charge is 0.313 e. The van der Waals surface area contributed by atoms with Gasteiger partial charge in [-0.3, -0.25) is 9.59 Å². The Morgan fingerprint density at radius 3 is 2.56 bits per heavy atom. The fourth-order valence-corrected chi connectivity index (χ4v) is 5.90. The monoisotopic (exact) mass is 361 g/mol. The van der Waals surface area contributed by atoms with Crippen LogP contribution >= 0.6 is 0 Å². The van der Waals surface area contributed by atoms with E-state index in [1.165, 1.54) is 12.0 Å². The van der Waals surface area contributed by atoms with Crippen molar-refractivity contribution in [1.82, 2.24) is 0 Å². The molecule has 4 nitrogen and oxygen atoms in total. The number of aliphatic carboxylic acids is 1. The van der Waals surface area contributed by atoms with Crippen LogP contribution in [0.15, 0.2) is 42.5 Å². The maximum atomic E-state index is 13.5. The topological polar surface area (TPSA) is 57.6 Å². The minimum Gasteiger partial charge on any atom is -0.481 e. The Labute approximate surface area is 158 Å². The molecule has 4 heteroatoms. The summed E-state index contributed by atoms with van der Waals surface area (Å²) < 4.78 is 0. The first-order valence-electron chi connectivity index (χ1n) is 9.82. The van der Waals surface area contributed by atoms with Crippen LogP contribution in [0.25, 0.3) is 0 Å². The van der Waals surface area contributed by atoms with E-state index in [0.717, 1.165) is 36.9 Å². The predicted octanol–water partition coefficient (Wildman–Crippen LogP) is 4.41. The van der Waals surface area contributed by atoms with Crippen molar-refractivity contribution in [3.63, 3.8) is 0 Å². The second kappa shape index (κ2) is 5.69. The highest BCUT2D eigenvalue weighted by Gasteiger charge is 2.60. The summed E-state index contributed by atoms with van der Waals surface area (Å²) in [6, 6.07) is 13.1. The van der Waals surface area contributed by atoms with Gasteiger partial charge in [-0.2, -0.15) is 0 Å². The Bertz CT molecular complexity index is 958. The molecule has 2 aliphatic heterocycles. The largest absolute Gasteiger partial charge is 0.481 e. The van der Waals surface area contributed by atoms with Crippen LogP contribution in [0.5, 0.6) is 0 Å². The van der Waals surface area contributed by atoms with Crippen molar-refractivity contribution in [2.45, 2.75) is 56.4 Å². The Morgan fingerprint density at radius 1 is 1.07 bits per heavy atom. The average molecular weight is 361 g/mol. The number of aryl methyl sites for hydroxylation is 1. The van der Waals surface area contributed by atoms with E-state index in [9.17, 15) is 14.7 Å². The SMILES string of the molecule is Cc1cccc2c1N1C(=O)c3ccccc3C(C(=O)O)C1C21CCCCC1. The number of carbonyl (C=O) groups excluding carboxylic acids is 1. The first-order valence-corrected chi connectivity index (χ1v) is 9.82. The number of hydrogen-bond acceptors (Lipinski definition) is 2. The quantitative estimate of drug-likeness (QED) is 0.819. The van der Waals surface area contributed by atoms with Crippen LogP contribution in [0.2, 0.25) is 0 Å². The zero-order valence-electron chi connectivity index (χ0n) is 15.4. The van der Waals surface area contributed by atoms with E-state index in [2.05, 4.69) is 12.1 Å². The van der Waals surface area contributed by atoms with Gasteiger partial charge in [0.2, 0.25) is 0 Å². The van der Waals surface area contributed by atoms with Crippen LogP contribution in [0, 0.1) is 6.92 Å². The fourth-order valence-electron chi connectivity index (χ4n) is 5.90. The van der Waals surface area contributed by atoms with Crippen molar-refractivity contribution >= 4 is 17.6 Å². The molecule has 5 rings (SSSR count). The second-order valence-electron chi connectivity index (χ2n) is 8.21. The highest BCUT2D eigenvalue weighted by molar-refractivity contribution is 6.13. The summed E-state index contributed by atoms with van der Waals surface area (Å²) >= 11 is 0. The molecule has 1 fully saturated rings. The molecule has 2 heterocycles. The molecular weight excluding hydrogens is 338 g/mol. The molecule has 2 aromatic rings. The summed E-state index contributed by atoms with van der Waals surface area (Å²) in [5, 5.41) is 10.2. The van der Waals surface area contributed by atoms with Gasteiger partial charge in [0, 0.05) is 11.0 Å². The molecule has 0 bridgehead atoms. The number of hydrogen-bond donors (Lipinski definition) is 1. The number of para-hydroxylation sites is 1. The maximum Gasteiger partial charge on any atom is 0.313 e. The van der Waals surface area contributed by atoms with Gasteiger partial charge in [0.25, 0.3) is 5.91 Å². The van der Waals surface area contributed by atoms with Gasteiger partial charge in [-0.05, 0) is 42.5 Å². The number of carboxylic acid groups (broad SMARTS) is 1. The summed E-state index contributed by atoms with van der Waals surface area (Å²) in [7, 11) is 0. The van der Waals surface area contributed by atoms with E-state index < -0.39 is 11.9 Å². The van der Waals surface area contributed by atoms with E-state index in [-0.39, 0.29) is 17.4 Å². The zero-order valence-corrected chi connectivity index (χ0v) is 15.4. The van der Waals surface area contributed by atoms with E-state index in [1.54, 1.807) is 6.07 Å². The van der Waals surface area contributed by atoms with Gasteiger partial charge in [-0.15, -0.1) is 0 Å². The normalized spacial score (nSPS) is 25.1. The van der Waals surface area contributed by atoms with Crippen molar-refractivity contribution in [3.05, 3.63) is 64.7 Å². The molecule has 2 unspecified atom stereocenters. The third-order valence-corrected chi connectivity index (χ3v) is 6.93. The highest BCUT2D eigenvalue weighted by atomic mass is 16.4. The molecule has 27 heavy (non-hydrogen) atoms. The first-order chi connectivity index (χ1) is 13.1. The van der Waals surface area contributed by atoms with E-state index in [4.69, 9.17) is 0 Å². The van der Waals surface area contributed by atoms with Crippen LogP contribution < -0.4 is 4.90 Å². The van der Waals surface area contributed by atoms with Crippen LogP contribution in [0.1, 0.15) is 65.1 Å². The molecule has 0 radical (unpaired) electrons. The fraction of sp³-hybridized carbons (Fsp3) is 0.391. The third kappa shape index (κ3) is 2.04. The van der Waals surface area contributed by atoms with E-state index in [0.29, 0.717) is 11.1 Å². The summed E-state index contributed by atoms with van der Waals surface area (Å²) in [5.74, 6) is -1.57. The lowest BCUT2D eigenvalue weighted by atomic mass is 9.61. The maximum absolute atomic E-state index is 13.5. The zero-order chi connectivity index (χ0) is 18.8. The Morgan fingerprint density at radius 2 is 1.81 bits per heavy atom. The van der Waals surface area contributed by atoms with Crippen molar-refractivity contribution in [1.29, 1.82) is 0 Å². The molecule has 1 amide bonds. The third-order valence-electron chi connectivity index (χ3n) is 6.93. The molecule has 2 aromatic carbocycles. The molecule has 3 aliphatic rings. The Hall–Kier alpha value is -2.62. The van der Waals surface area contributed by atoms with Crippen LogP contribution in [0.4, 0.5) is 5.69 Å². The average Bonchev–Trinajstić information content (AvgIpc) is 2.94. The summed E-state index contributed by atoms with van der Waals surface area (Å²) in [6.45, 7) is 2.03. The molecule has 1 saturated carbocycles. The van der Waals surface area contributed by atoms with Crippen LogP contribution in [-0.4, -0.2) is 23.0 Å². The van der Waals surface area contributed by atoms with Gasteiger partial charge in [-0.25, -0.2) is 0 Å². The van der Waals surface area contributed by atoms with Crippen molar-refractivity contribution < 1.29 is 14.7 Å². The highest BCUT2D eigenvalue weighted by Crippen LogP contribution is 2.59. The van der Waals surface area contributed by atoms with Crippen molar-refractivity contribution in [3.8, 4) is 0 Å². The lowest BCUT2D eigenvalue weighted by molar-refractivity contribution is -0.140. The number of benzene rings is 2. The molecular formula is C23H23NO3. The Balaban J connectivity index is 1.83. The molecule has 1 spiro atoms.